The first-order valence-electron chi connectivity index (χ1n) is 11.0. The zero-order valence-corrected chi connectivity index (χ0v) is 18.6. The highest BCUT2D eigenvalue weighted by Crippen LogP contribution is 2.44. The van der Waals surface area contributed by atoms with Crippen molar-refractivity contribution in [2.75, 3.05) is 11.9 Å². The van der Waals surface area contributed by atoms with Gasteiger partial charge in [0.1, 0.15) is 23.7 Å². The van der Waals surface area contributed by atoms with Crippen LogP contribution in [-0.2, 0) is 4.79 Å². The number of ether oxygens (including phenoxy) is 2. The van der Waals surface area contributed by atoms with Gasteiger partial charge in [-0.2, -0.15) is 0 Å². The third-order valence-corrected chi connectivity index (χ3v) is 5.68. The standard InChI is InChI=1S/C28H23NO5/c1-17(2)16-32-20-14-12-18(13-15-20)23-24-25(21-10-6-7-11-22(21)33-28(24)31)34-26(23)27(30)29-19-8-4-3-5-9-19/h3-15,23,26H,1,16H2,2H3,(H,29,30)/t23-,26-/m0/s1. The molecule has 170 valence electrons. The molecule has 1 aliphatic rings. The summed E-state index contributed by atoms with van der Waals surface area (Å²) in [5.41, 5.74) is 2.53. The summed E-state index contributed by atoms with van der Waals surface area (Å²) in [5.74, 6) is 0.0580. The van der Waals surface area contributed by atoms with E-state index in [0.29, 0.717) is 40.3 Å². The molecule has 4 aromatic rings. The predicted molar refractivity (Wildman–Crippen MR) is 131 cm³/mol. The second-order valence-electron chi connectivity index (χ2n) is 8.31. The van der Waals surface area contributed by atoms with E-state index < -0.39 is 17.6 Å². The van der Waals surface area contributed by atoms with Gasteiger partial charge in [0.25, 0.3) is 5.91 Å². The monoisotopic (exact) mass is 453 g/mol. The summed E-state index contributed by atoms with van der Waals surface area (Å²) in [4.78, 5) is 26.4. The number of para-hydroxylation sites is 2. The van der Waals surface area contributed by atoms with Gasteiger partial charge >= 0.3 is 5.63 Å². The summed E-state index contributed by atoms with van der Waals surface area (Å²) in [6.45, 7) is 6.14. The highest BCUT2D eigenvalue weighted by atomic mass is 16.5. The van der Waals surface area contributed by atoms with E-state index in [-0.39, 0.29) is 5.91 Å². The van der Waals surface area contributed by atoms with Crippen LogP contribution in [0.1, 0.15) is 24.0 Å². The summed E-state index contributed by atoms with van der Waals surface area (Å²) in [5, 5.41) is 3.55. The van der Waals surface area contributed by atoms with Gasteiger partial charge in [-0.05, 0) is 54.5 Å². The van der Waals surface area contributed by atoms with Gasteiger partial charge in [0.05, 0.1) is 16.9 Å². The van der Waals surface area contributed by atoms with Crippen molar-refractivity contribution in [3.8, 4) is 11.5 Å². The van der Waals surface area contributed by atoms with Crippen LogP contribution in [0.4, 0.5) is 5.69 Å². The van der Waals surface area contributed by atoms with Crippen molar-refractivity contribution in [2.45, 2.75) is 18.9 Å². The summed E-state index contributed by atoms with van der Waals surface area (Å²) in [6, 6.07) is 23.6. The van der Waals surface area contributed by atoms with E-state index in [1.165, 1.54) is 0 Å². The van der Waals surface area contributed by atoms with Gasteiger partial charge < -0.3 is 19.2 Å². The number of nitrogens with one attached hydrogen (secondary N) is 1. The van der Waals surface area contributed by atoms with Crippen LogP contribution in [0, 0.1) is 0 Å². The van der Waals surface area contributed by atoms with Crippen LogP contribution in [0.2, 0.25) is 0 Å². The van der Waals surface area contributed by atoms with E-state index in [9.17, 15) is 9.59 Å². The lowest BCUT2D eigenvalue weighted by Gasteiger charge is -2.19. The molecule has 0 fully saturated rings. The molecule has 0 bridgehead atoms. The first-order valence-corrected chi connectivity index (χ1v) is 11.0. The van der Waals surface area contributed by atoms with Gasteiger partial charge in [-0.25, -0.2) is 4.79 Å². The van der Waals surface area contributed by atoms with Gasteiger partial charge in [-0.3, -0.25) is 4.79 Å². The summed E-state index contributed by atoms with van der Waals surface area (Å²) < 4.78 is 17.5. The molecule has 6 nitrogen and oxygen atoms in total. The SMILES string of the molecule is C=C(C)COc1ccc([C@H]2c3c(c4ccccc4oc3=O)O[C@@H]2C(=O)Nc2ccccc2)cc1. The smallest absolute Gasteiger partial charge is 0.344 e. The third kappa shape index (κ3) is 4.06. The molecule has 1 N–H and O–H groups in total. The van der Waals surface area contributed by atoms with Gasteiger partial charge in [0.2, 0.25) is 0 Å². The number of fused-ring (bicyclic) bond motifs is 3. The van der Waals surface area contributed by atoms with Crippen LogP contribution in [0.3, 0.4) is 0 Å². The minimum Gasteiger partial charge on any atom is -0.489 e. The molecule has 2 atom stereocenters. The molecule has 5 rings (SSSR count). The number of hydrogen-bond donors (Lipinski definition) is 1. The topological polar surface area (TPSA) is 77.8 Å². The predicted octanol–water partition coefficient (Wildman–Crippen LogP) is 5.28. The van der Waals surface area contributed by atoms with Crippen molar-refractivity contribution in [2.24, 2.45) is 0 Å². The molecule has 0 saturated carbocycles. The Kier molecular flexibility index (Phi) is 5.64. The maximum Gasteiger partial charge on any atom is 0.344 e. The number of hydrogen-bond acceptors (Lipinski definition) is 5. The summed E-state index contributed by atoms with van der Waals surface area (Å²) in [6.07, 6.45) is -0.953. The van der Waals surface area contributed by atoms with Gasteiger partial charge in [-0.15, -0.1) is 0 Å². The van der Waals surface area contributed by atoms with E-state index in [1.807, 2.05) is 61.5 Å². The Morgan fingerprint density at radius 3 is 2.44 bits per heavy atom. The molecule has 0 spiro atoms. The van der Waals surface area contributed by atoms with Crippen molar-refractivity contribution >= 4 is 22.6 Å². The van der Waals surface area contributed by atoms with Crippen molar-refractivity contribution < 1.29 is 18.7 Å². The quantitative estimate of drug-likeness (QED) is 0.318. The van der Waals surface area contributed by atoms with Crippen LogP contribution in [0.5, 0.6) is 11.5 Å². The molecule has 0 saturated heterocycles. The molecule has 3 aromatic carbocycles. The highest BCUT2D eigenvalue weighted by molar-refractivity contribution is 5.97. The lowest BCUT2D eigenvalue weighted by molar-refractivity contribution is -0.122. The maximum atomic E-state index is 13.4. The van der Waals surface area contributed by atoms with Crippen LogP contribution in [-0.4, -0.2) is 18.6 Å². The average molecular weight is 453 g/mol. The second kappa shape index (κ2) is 8.90. The molecular formula is C28H23NO5. The summed E-state index contributed by atoms with van der Waals surface area (Å²) in [7, 11) is 0. The number of rotatable bonds is 6. The fourth-order valence-corrected chi connectivity index (χ4v) is 4.14. The number of benzene rings is 3. The van der Waals surface area contributed by atoms with Gasteiger partial charge in [0, 0.05) is 5.69 Å². The molecule has 1 aliphatic heterocycles. The van der Waals surface area contributed by atoms with E-state index in [1.54, 1.807) is 24.3 Å². The Balaban J connectivity index is 1.57. The number of amides is 1. The molecule has 0 radical (unpaired) electrons. The molecule has 0 aliphatic carbocycles. The molecule has 1 aromatic heterocycles. The van der Waals surface area contributed by atoms with Crippen molar-refractivity contribution in [1.82, 2.24) is 0 Å². The van der Waals surface area contributed by atoms with Gasteiger partial charge in [0.15, 0.2) is 6.10 Å². The Bertz CT molecular complexity index is 1420. The first kappa shape index (κ1) is 21.5. The van der Waals surface area contributed by atoms with E-state index in [0.717, 1.165) is 11.1 Å². The Morgan fingerprint density at radius 2 is 1.71 bits per heavy atom. The van der Waals surface area contributed by atoms with Crippen LogP contribution >= 0.6 is 0 Å². The van der Waals surface area contributed by atoms with Crippen LogP contribution in [0.25, 0.3) is 11.0 Å². The zero-order chi connectivity index (χ0) is 23.7. The fourth-order valence-electron chi connectivity index (χ4n) is 4.14. The van der Waals surface area contributed by atoms with E-state index in [2.05, 4.69) is 11.9 Å². The largest absolute Gasteiger partial charge is 0.489 e. The van der Waals surface area contributed by atoms with E-state index >= 15 is 0 Å². The Labute approximate surface area is 196 Å². The van der Waals surface area contributed by atoms with Crippen LogP contribution < -0.4 is 20.4 Å². The van der Waals surface area contributed by atoms with Crippen LogP contribution in [0.15, 0.2) is 100 Å². The van der Waals surface area contributed by atoms with Crippen molar-refractivity contribution in [3.63, 3.8) is 0 Å². The third-order valence-electron chi connectivity index (χ3n) is 5.68. The highest BCUT2D eigenvalue weighted by Gasteiger charge is 2.44. The fraction of sp³-hybridized carbons (Fsp3) is 0.143. The average Bonchev–Trinajstić information content (AvgIpc) is 3.26. The Hall–Kier alpha value is -4.32. The molecule has 2 heterocycles. The lowest BCUT2D eigenvalue weighted by Crippen LogP contribution is -2.35. The summed E-state index contributed by atoms with van der Waals surface area (Å²) >= 11 is 0. The maximum absolute atomic E-state index is 13.4. The molecule has 0 unspecified atom stereocenters. The molecule has 34 heavy (non-hydrogen) atoms. The first-order chi connectivity index (χ1) is 16.5. The molecular weight excluding hydrogens is 430 g/mol. The molecule has 1 amide bonds. The minimum absolute atomic E-state index is 0.336. The normalized spacial score (nSPS) is 16.5. The van der Waals surface area contributed by atoms with Crippen molar-refractivity contribution in [3.05, 3.63) is 113 Å². The number of carbonyl (C=O) groups is 1. The number of carbonyl (C=O) groups excluding carboxylic acids is 1. The minimum atomic E-state index is -0.953. The van der Waals surface area contributed by atoms with Gasteiger partial charge in [-0.1, -0.05) is 49.0 Å². The number of anilines is 1. The Morgan fingerprint density at radius 1 is 1.00 bits per heavy atom. The zero-order valence-electron chi connectivity index (χ0n) is 18.6. The second-order valence-corrected chi connectivity index (χ2v) is 8.31. The molecule has 6 heteroatoms. The lowest BCUT2D eigenvalue weighted by atomic mass is 9.88. The van der Waals surface area contributed by atoms with Crippen molar-refractivity contribution in [1.29, 1.82) is 0 Å². The van der Waals surface area contributed by atoms with E-state index in [4.69, 9.17) is 13.9 Å².